The lowest BCUT2D eigenvalue weighted by Gasteiger charge is -2.11. The standard InChI is InChI=1S/C20H22N2O4/c1-2-11-21-20(24)15-5-3-4-6-16(15)22-19(23)10-8-14-7-9-17-18(12-14)26-13-25-17/h3-7,9,12H,2,8,10-11,13H2,1H3,(H,21,24)(H,22,23). The van der Waals surface area contributed by atoms with Crippen LogP contribution in [0.4, 0.5) is 5.69 Å². The lowest BCUT2D eigenvalue weighted by Crippen LogP contribution is -2.25. The third-order valence-electron chi connectivity index (χ3n) is 4.06. The zero-order chi connectivity index (χ0) is 18.4. The summed E-state index contributed by atoms with van der Waals surface area (Å²) in [4.78, 5) is 24.5. The van der Waals surface area contributed by atoms with Crippen molar-refractivity contribution >= 4 is 17.5 Å². The maximum absolute atomic E-state index is 12.3. The van der Waals surface area contributed by atoms with E-state index in [0.29, 0.717) is 36.4 Å². The molecule has 1 aliphatic heterocycles. The highest BCUT2D eigenvalue weighted by Gasteiger charge is 2.15. The monoisotopic (exact) mass is 354 g/mol. The summed E-state index contributed by atoms with van der Waals surface area (Å²) in [5, 5.41) is 5.66. The van der Waals surface area contributed by atoms with Gasteiger partial charge in [0.15, 0.2) is 11.5 Å². The molecule has 0 spiro atoms. The Morgan fingerprint density at radius 3 is 2.73 bits per heavy atom. The highest BCUT2D eigenvalue weighted by atomic mass is 16.7. The number of carbonyl (C=O) groups is 2. The summed E-state index contributed by atoms with van der Waals surface area (Å²) in [6.45, 7) is 2.82. The number of nitrogens with one attached hydrogen (secondary N) is 2. The van der Waals surface area contributed by atoms with Gasteiger partial charge in [0, 0.05) is 13.0 Å². The zero-order valence-corrected chi connectivity index (χ0v) is 14.7. The van der Waals surface area contributed by atoms with Gasteiger partial charge >= 0.3 is 0 Å². The van der Waals surface area contributed by atoms with E-state index in [2.05, 4.69) is 10.6 Å². The van der Waals surface area contributed by atoms with Crippen molar-refractivity contribution in [2.75, 3.05) is 18.7 Å². The van der Waals surface area contributed by atoms with Crippen LogP contribution in [0.3, 0.4) is 0 Å². The zero-order valence-electron chi connectivity index (χ0n) is 14.7. The van der Waals surface area contributed by atoms with Crippen molar-refractivity contribution in [1.29, 1.82) is 0 Å². The average molecular weight is 354 g/mol. The molecule has 6 heteroatoms. The number of ether oxygens (including phenoxy) is 2. The minimum Gasteiger partial charge on any atom is -0.454 e. The number of anilines is 1. The lowest BCUT2D eigenvalue weighted by atomic mass is 10.1. The van der Waals surface area contributed by atoms with Gasteiger partial charge in [-0.15, -0.1) is 0 Å². The van der Waals surface area contributed by atoms with Crippen LogP contribution in [-0.2, 0) is 11.2 Å². The molecule has 2 aromatic rings. The van der Waals surface area contributed by atoms with Crippen LogP contribution in [0.25, 0.3) is 0 Å². The second kappa shape index (κ2) is 8.38. The molecule has 1 aliphatic rings. The van der Waals surface area contributed by atoms with E-state index in [-0.39, 0.29) is 18.6 Å². The smallest absolute Gasteiger partial charge is 0.253 e. The molecule has 2 amide bonds. The molecule has 0 atom stereocenters. The highest BCUT2D eigenvalue weighted by molar-refractivity contribution is 6.03. The fourth-order valence-electron chi connectivity index (χ4n) is 2.69. The van der Waals surface area contributed by atoms with Crippen molar-refractivity contribution in [3.05, 3.63) is 53.6 Å². The van der Waals surface area contributed by atoms with Crippen LogP contribution in [0.15, 0.2) is 42.5 Å². The van der Waals surface area contributed by atoms with Crippen LogP contribution in [-0.4, -0.2) is 25.2 Å². The maximum atomic E-state index is 12.3. The van der Waals surface area contributed by atoms with Crippen LogP contribution >= 0.6 is 0 Å². The number of rotatable bonds is 7. The van der Waals surface area contributed by atoms with Crippen LogP contribution in [0, 0.1) is 0 Å². The SMILES string of the molecule is CCCNC(=O)c1ccccc1NC(=O)CCc1ccc2c(c1)OCO2. The van der Waals surface area contributed by atoms with Gasteiger partial charge in [0.05, 0.1) is 11.3 Å². The van der Waals surface area contributed by atoms with Crippen molar-refractivity contribution < 1.29 is 19.1 Å². The minimum atomic E-state index is -0.182. The average Bonchev–Trinajstić information content (AvgIpc) is 3.12. The third-order valence-corrected chi connectivity index (χ3v) is 4.06. The van der Waals surface area contributed by atoms with Crippen molar-refractivity contribution in [3.8, 4) is 11.5 Å². The molecule has 6 nitrogen and oxygen atoms in total. The Labute approximate surface area is 152 Å². The van der Waals surface area contributed by atoms with Gasteiger partial charge in [0.25, 0.3) is 5.91 Å². The van der Waals surface area contributed by atoms with E-state index in [4.69, 9.17) is 9.47 Å². The Kier molecular flexibility index (Phi) is 5.73. The Balaban J connectivity index is 1.59. The Morgan fingerprint density at radius 1 is 1.08 bits per heavy atom. The van der Waals surface area contributed by atoms with Gasteiger partial charge in [-0.2, -0.15) is 0 Å². The first-order valence-electron chi connectivity index (χ1n) is 8.73. The Bertz CT molecular complexity index is 804. The molecule has 0 unspecified atom stereocenters. The second-order valence-corrected chi connectivity index (χ2v) is 6.04. The summed E-state index contributed by atoms with van der Waals surface area (Å²) >= 11 is 0. The van der Waals surface area contributed by atoms with E-state index in [0.717, 1.165) is 17.7 Å². The topological polar surface area (TPSA) is 76.7 Å². The maximum Gasteiger partial charge on any atom is 0.253 e. The van der Waals surface area contributed by atoms with Crippen LogP contribution in [0.5, 0.6) is 11.5 Å². The summed E-state index contributed by atoms with van der Waals surface area (Å²) in [7, 11) is 0. The molecule has 136 valence electrons. The van der Waals surface area contributed by atoms with Crippen LogP contribution < -0.4 is 20.1 Å². The van der Waals surface area contributed by atoms with Gasteiger partial charge < -0.3 is 20.1 Å². The van der Waals surface area contributed by atoms with Crippen LogP contribution in [0.2, 0.25) is 0 Å². The van der Waals surface area contributed by atoms with Gasteiger partial charge in [-0.3, -0.25) is 9.59 Å². The number of para-hydroxylation sites is 1. The number of aryl methyl sites for hydroxylation is 1. The predicted octanol–water partition coefficient (Wildman–Crippen LogP) is 3.13. The third kappa shape index (κ3) is 4.33. The van der Waals surface area contributed by atoms with Crippen molar-refractivity contribution in [2.24, 2.45) is 0 Å². The first-order valence-corrected chi connectivity index (χ1v) is 8.73. The summed E-state index contributed by atoms with van der Waals surface area (Å²) in [6.07, 6.45) is 1.74. The molecule has 0 radical (unpaired) electrons. The van der Waals surface area contributed by atoms with Crippen molar-refractivity contribution in [3.63, 3.8) is 0 Å². The van der Waals surface area contributed by atoms with E-state index in [9.17, 15) is 9.59 Å². The molecule has 2 aromatic carbocycles. The van der Waals surface area contributed by atoms with Crippen LogP contribution in [0.1, 0.15) is 35.7 Å². The van der Waals surface area contributed by atoms with Gasteiger partial charge in [-0.25, -0.2) is 0 Å². The molecule has 0 aliphatic carbocycles. The quantitative estimate of drug-likeness (QED) is 0.801. The number of hydrogen-bond acceptors (Lipinski definition) is 4. The van der Waals surface area contributed by atoms with Gasteiger partial charge in [0.2, 0.25) is 12.7 Å². The fraction of sp³-hybridized carbons (Fsp3) is 0.300. The number of hydrogen-bond donors (Lipinski definition) is 2. The molecule has 0 fully saturated rings. The number of benzene rings is 2. The fourth-order valence-corrected chi connectivity index (χ4v) is 2.69. The van der Waals surface area contributed by atoms with E-state index < -0.39 is 0 Å². The molecule has 2 N–H and O–H groups in total. The second-order valence-electron chi connectivity index (χ2n) is 6.04. The number of amides is 2. The normalized spacial score (nSPS) is 11.9. The molecule has 0 aromatic heterocycles. The first kappa shape index (κ1) is 17.8. The van der Waals surface area contributed by atoms with Gasteiger partial charge in [-0.1, -0.05) is 25.1 Å². The minimum absolute atomic E-state index is 0.140. The highest BCUT2D eigenvalue weighted by Crippen LogP contribution is 2.32. The molecular formula is C20H22N2O4. The molecule has 3 rings (SSSR count). The number of carbonyl (C=O) groups excluding carboxylic acids is 2. The van der Waals surface area contributed by atoms with Gasteiger partial charge in [-0.05, 0) is 42.7 Å². The summed E-state index contributed by atoms with van der Waals surface area (Å²) in [5.74, 6) is 1.11. The van der Waals surface area contributed by atoms with Crippen molar-refractivity contribution in [1.82, 2.24) is 5.32 Å². The van der Waals surface area contributed by atoms with Crippen molar-refractivity contribution in [2.45, 2.75) is 26.2 Å². The predicted molar refractivity (Wildman–Crippen MR) is 98.6 cm³/mol. The van der Waals surface area contributed by atoms with E-state index >= 15 is 0 Å². The van der Waals surface area contributed by atoms with E-state index in [1.54, 1.807) is 24.3 Å². The summed E-state index contributed by atoms with van der Waals surface area (Å²) < 4.78 is 10.6. The molecule has 0 saturated carbocycles. The first-order chi connectivity index (χ1) is 12.7. The van der Waals surface area contributed by atoms with E-state index in [1.165, 1.54) is 0 Å². The Morgan fingerprint density at radius 2 is 1.88 bits per heavy atom. The molecule has 26 heavy (non-hydrogen) atoms. The van der Waals surface area contributed by atoms with E-state index in [1.807, 2.05) is 25.1 Å². The molecule has 0 bridgehead atoms. The molecule has 0 saturated heterocycles. The van der Waals surface area contributed by atoms with Gasteiger partial charge in [0.1, 0.15) is 0 Å². The summed E-state index contributed by atoms with van der Waals surface area (Å²) in [5.41, 5.74) is 1.99. The molecule has 1 heterocycles. The largest absolute Gasteiger partial charge is 0.454 e. The number of fused-ring (bicyclic) bond motifs is 1. The lowest BCUT2D eigenvalue weighted by molar-refractivity contribution is -0.116. The Hall–Kier alpha value is -3.02. The summed E-state index contributed by atoms with van der Waals surface area (Å²) in [6, 6.07) is 12.7. The molecular weight excluding hydrogens is 332 g/mol.